The summed E-state index contributed by atoms with van der Waals surface area (Å²) >= 11 is 0. The average Bonchev–Trinajstić information content (AvgIpc) is 2.75. The second-order valence-electron chi connectivity index (χ2n) is 4.89. The Bertz CT molecular complexity index is 560. The van der Waals surface area contributed by atoms with Crippen molar-refractivity contribution in [3.8, 4) is 0 Å². The van der Waals surface area contributed by atoms with Crippen molar-refractivity contribution in [3.63, 3.8) is 0 Å². The van der Waals surface area contributed by atoms with Crippen LogP contribution >= 0.6 is 0 Å². The van der Waals surface area contributed by atoms with Crippen LogP contribution in [0.2, 0.25) is 0 Å². The summed E-state index contributed by atoms with van der Waals surface area (Å²) in [6, 6.07) is 2.10. The van der Waals surface area contributed by atoms with Crippen molar-refractivity contribution in [2.75, 3.05) is 6.54 Å². The fraction of sp³-hybridized carbons (Fsp3) is 0.462. The van der Waals surface area contributed by atoms with E-state index in [1.165, 1.54) is 11.3 Å². The third kappa shape index (κ3) is 2.26. The van der Waals surface area contributed by atoms with Crippen LogP contribution in [0, 0.1) is 13.8 Å². The number of rotatable bonds is 2. The van der Waals surface area contributed by atoms with E-state index < -0.39 is 0 Å². The van der Waals surface area contributed by atoms with Gasteiger partial charge in [-0.05, 0) is 19.9 Å². The molecule has 3 rings (SSSR count). The minimum absolute atomic E-state index is 0.866. The highest BCUT2D eigenvalue weighted by Gasteiger charge is 2.18. The molecule has 0 radical (unpaired) electrons. The van der Waals surface area contributed by atoms with Crippen molar-refractivity contribution in [1.82, 2.24) is 25.1 Å². The number of H-pyrrole nitrogens is 1. The van der Waals surface area contributed by atoms with Crippen molar-refractivity contribution in [3.05, 3.63) is 40.7 Å². The summed E-state index contributed by atoms with van der Waals surface area (Å²) in [7, 11) is 0. The topological polar surface area (TPSA) is 57.7 Å². The van der Waals surface area contributed by atoms with E-state index in [0.717, 1.165) is 43.3 Å². The predicted octanol–water partition coefficient (Wildman–Crippen LogP) is 1.37. The molecule has 0 spiro atoms. The van der Waals surface area contributed by atoms with Crippen molar-refractivity contribution in [2.45, 2.75) is 33.4 Å². The first-order valence-corrected chi connectivity index (χ1v) is 6.25. The highest BCUT2D eigenvalue weighted by Crippen LogP contribution is 2.18. The maximum Gasteiger partial charge on any atom is 0.125 e. The molecule has 18 heavy (non-hydrogen) atoms. The normalized spacial score (nSPS) is 15.7. The van der Waals surface area contributed by atoms with E-state index in [-0.39, 0.29) is 0 Å². The largest absolute Gasteiger partial charge is 0.293 e. The van der Waals surface area contributed by atoms with Crippen molar-refractivity contribution in [2.24, 2.45) is 0 Å². The van der Waals surface area contributed by atoms with Gasteiger partial charge in [0.1, 0.15) is 5.82 Å². The van der Waals surface area contributed by atoms with Gasteiger partial charge in [-0.15, -0.1) is 0 Å². The molecule has 1 N–H and O–H groups in total. The maximum absolute atomic E-state index is 4.50. The van der Waals surface area contributed by atoms with Crippen molar-refractivity contribution >= 4 is 0 Å². The Morgan fingerprint density at radius 1 is 1.39 bits per heavy atom. The predicted molar refractivity (Wildman–Crippen MR) is 67.9 cm³/mol. The summed E-state index contributed by atoms with van der Waals surface area (Å²) in [6.07, 6.45) is 2.96. The number of hydrogen-bond donors (Lipinski definition) is 1. The lowest BCUT2D eigenvalue weighted by Crippen LogP contribution is -2.31. The minimum atomic E-state index is 0.866. The number of hydrogen-bond acceptors (Lipinski definition) is 4. The molecule has 0 saturated carbocycles. The van der Waals surface area contributed by atoms with E-state index >= 15 is 0 Å². The van der Waals surface area contributed by atoms with E-state index in [1.807, 2.05) is 20.0 Å². The maximum atomic E-state index is 4.50. The van der Waals surface area contributed by atoms with Gasteiger partial charge < -0.3 is 0 Å². The Morgan fingerprint density at radius 3 is 3.06 bits per heavy atom. The molecule has 0 bridgehead atoms. The molecule has 94 valence electrons. The van der Waals surface area contributed by atoms with Crippen LogP contribution in [0.15, 0.2) is 12.3 Å². The molecule has 2 aromatic rings. The van der Waals surface area contributed by atoms with Crippen LogP contribution in [0.3, 0.4) is 0 Å². The lowest BCUT2D eigenvalue weighted by molar-refractivity contribution is 0.239. The highest BCUT2D eigenvalue weighted by molar-refractivity contribution is 5.20. The third-order valence-electron chi connectivity index (χ3n) is 3.28. The number of aryl methyl sites for hydroxylation is 2. The van der Waals surface area contributed by atoms with Crippen LogP contribution in [0.5, 0.6) is 0 Å². The first-order chi connectivity index (χ1) is 8.70. The molecule has 0 amide bonds. The molecule has 2 aromatic heterocycles. The zero-order valence-corrected chi connectivity index (χ0v) is 10.8. The van der Waals surface area contributed by atoms with Gasteiger partial charge in [0.25, 0.3) is 0 Å². The second-order valence-corrected chi connectivity index (χ2v) is 4.89. The van der Waals surface area contributed by atoms with Gasteiger partial charge in [-0.3, -0.25) is 10.00 Å². The lowest BCUT2D eigenvalue weighted by atomic mass is 10.1. The monoisotopic (exact) mass is 243 g/mol. The molecule has 5 nitrogen and oxygen atoms in total. The highest BCUT2D eigenvalue weighted by atomic mass is 15.2. The molecular weight excluding hydrogens is 226 g/mol. The summed E-state index contributed by atoms with van der Waals surface area (Å²) in [5.41, 5.74) is 4.67. The van der Waals surface area contributed by atoms with Gasteiger partial charge in [-0.1, -0.05) is 0 Å². The van der Waals surface area contributed by atoms with Gasteiger partial charge in [0.2, 0.25) is 0 Å². The van der Waals surface area contributed by atoms with Crippen LogP contribution in [0.1, 0.15) is 28.5 Å². The van der Waals surface area contributed by atoms with E-state index in [4.69, 9.17) is 0 Å². The third-order valence-corrected chi connectivity index (χ3v) is 3.28. The number of fused-ring (bicyclic) bond motifs is 1. The Kier molecular flexibility index (Phi) is 2.83. The SMILES string of the molecule is Cc1ncc2c(n1)CCN(Cc1cc(C)[nH]n1)C2. The fourth-order valence-electron chi connectivity index (χ4n) is 2.39. The van der Waals surface area contributed by atoms with Crippen molar-refractivity contribution in [1.29, 1.82) is 0 Å². The van der Waals surface area contributed by atoms with E-state index in [2.05, 4.69) is 31.1 Å². The van der Waals surface area contributed by atoms with Crippen LogP contribution in [0.25, 0.3) is 0 Å². The van der Waals surface area contributed by atoms with E-state index in [1.54, 1.807) is 0 Å². The van der Waals surface area contributed by atoms with Crippen molar-refractivity contribution < 1.29 is 0 Å². The zero-order chi connectivity index (χ0) is 12.5. The molecule has 0 unspecified atom stereocenters. The standard InChI is InChI=1S/C13H17N5/c1-9-5-12(17-16-9)8-18-4-3-13-11(7-18)6-14-10(2)15-13/h5-6H,3-4,7-8H2,1-2H3,(H,16,17). The number of nitrogens with zero attached hydrogens (tertiary/aromatic N) is 4. The quantitative estimate of drug-likeness (QED) is 0.865. The van der Waals surface area contributed by atoms with Gasteiger partial charge in [0.15, 0.2) is 0 Å². The summed E-state index contributed by atoms with van der Waals surface area (Å²) < 4.78 is 0. The van der Waals surface area contributed by atoms with Gasteiger partial charge in [-0.2, -0.15) is 5.10 Å². The first kappa shape index (κ1) is 11.3. The summed E-state index contributed by atoms with van der Waals surface area (Å²) in [4.78, 5) is 11.2. The van der Waals surface area contributed by atoms with Crippen LogP contribution < -0.4 is 0 Å². The van der Waals surface area contributed by atoms with E-state index in [0.29, 0.717) is 0 Å². The van der Waals surface area contributed by atoms with Gasteiger partial charge >= 0.3 is 0 Å². The molecule has 0 saturated heterocycles. The second kappa shape index (κ2) is 4.49. The average molecular weight is 243 g/mol. The molecule has 0 atom stereocenters. The Labute approximate surface area is 106 Å². The lowest BCUT2D eigenvalue weighted by Gasteiger charge is -2.27. The molecule has 0 aliphatic carbocycles. The van der Waals surface area contributed by atoms with Crippen LogP contribution in [-0.4, -0.2) is 31.6 Å². The number of aromatic nitrogens is 4. The molecule has 5 heteroatoms. The molecule has 0 fully saturated rings. The van der Waals surface area contributed by atoms with Gasteiger partial charge in [0, 0.05) is 49.2 Å². The molecule has 1 aliphatic rings. The fourth-order valence-corrected chi connectivity index (χ4v) is 2.39. The first-order valence-electron chi connectivity index (χ1n) is 6.25. The minimum Gasteiger partial charge on any atom is -0.293 e. The Hall–Kier alpha value is -1.75. The molecule has 3 heterocycles. The number of nitrogens with one attached hydrogen (secondary N) is 1. The van der Waals surface area contributed by atoms with Crippen LogP contribution in [-0.2, 0) is 19.5 Å². The molecule has 0 aromatic carbocycles. The summed E-state index contributed by atoms with van der Waals surface area (Å²) in [6.45, 7) is 6.81. The van der Waals surface area contributed by atoms with Crippen LogP contribution in [0.4, 0.5) is 0 Å². The summed E-state index contributed by atoms with van der Waals surface area (Å²) in [5.74, 6) is 0.866. The summed E-state index contributed by atoms with van der Waals surface area (Å²) in [5, 5.41) is 7.27. The van der Waals surface area contributed by atoms with Gasteiger partial charge in [0.05, 0.1) is 5.69 Å². The smallest absolute Gasteiger partial charge is 0.125 e. The molecule has 1 aliphatic heterocycles. The zero-order valence-electron chi connectivity index (χ0n) is 10.8. The number of aromatic amines is 1. The Morgan fingerprint density at radius 2 is 2.28 bits per heavy atom. The Balaban J connectivity index is 1.73. The van der Waals surface area contributed by atoms with E-state index in [9.17, 15) is 0 Å². The van der Waals surface area contributed by atoms with Gasteiger partial charge in [-0.25, -0.2) is 9.97 Å². The molecular formula is C13H17N5.